The Bertz CT molecular complexity index is 1820. The minimum Gasteiger partial charge on any atom is -0.455 e. The number of hydrogen-bond acceptors (Lipinski definition) is 12. The van der Waals surface area contributed by atoms with Crippen LogP contribution in [0.1, 0.15) is 86.6 Å². The predicted octanol–water partition coefficient (Wildman–Crippen LogP) is 5.59. The van der Waals surface area contributed by atoms with Gasteiger partial charge in [-0.15, -0.1) is 0 Å². The van der Waals surface area contributed by atoms with Crippen LogP contribution < -0.4 is 5.32 Å². The maximum Gasteiger partial charge on any atom is 0.408 e. The van der Waals surface area contributed by atoms with Crippen LogP contribution in [-0.2, 0) is 38.1 Å². The van der Waals surface area contributed by atoms with Crippen LogP contribution in [0.5, 0.6) is 0 Å². The van der Waals surface area contributed by atoms with Crippen LogP contribution in [0.25, 0.3) is 17.0 Å². The van der Waals surface area contributed by atoms with Crippen LogP contribution in [0, 0.1) is 17.8 Å². The average Bonchev–Trinajstić information content (AvgIpc) is 3.48. The summed E-state index contributed by atoms with van der Waals surface area (Å²) in [5, 5.41) is 15.2. The number of fused-ring (bicyclic) bond motifs is 2. The average molecular weight is 798 g/mol. The smallest absolute Gasteiger partial charge is 0.408 e. The highest BCUT2D eigenvalue weighted by atomic mass is 19.1. The van der Waals surface area contributed by atoms with Crippen LogP contribution >= 0.6 is 0 Å². The Morgan fingerprint density at radius 1 is 1.05 bits per heavy atom. The predicted molar refractivity (Wildman–Crippen MR) is 211 cm³/mol. The SMILES string of the molecule is CCC[C@H]1OC(=O)[C@@](C)(F)C(=O)[C@H](C)[C@@H](O[C@@H]2O[C@H](C)C[C@H](N(C)C)[C@H]2O)[C@](C)(OC/C=C/c2cccc3ncccc23)C[C@@H](C)C(=O)[C@H](C)[C@@H]2NC(=O)O[C@]12C. The number of cyclic esters (lactones) is 1. The molecule has 14 heteroatoms. The summed E-state index contributed by atoms with van der Waals surface area (Å²) in [6, 6.07) is 8.20. The van der Waals surface area contributed by atoms with Gasteiger partial charge in [-0.1, -0.05) is 64.5 Å². The fourth-order valence-corrected chi connectivity index (χ4v) is 8.94. The molecule has 0 saturated carbocycles. The van der Waals surface area contributed by atoms with Gasteiger partial charge in [0.15, 0.2) is 17.7 Å². The number of benzene rings is 1. The first kappa shape index (κ1) is 44.3. The molecule has 3 fully saturated rings. The number of rotatable bonds is 9. The number of aliphatic hydroxyl groups is 1. The van der Waals surface area contributed by atoms with E-state index in [9.17, 15) is 24.3 Å². The molecule has 57 heavy (non-hydrogen) atoms. The van der Waals surface area contributed by atoms with E-state index in [0.717, 1.165) is 23.4 Å². The number of ether oxygens (including phenoxy) is 5. The van der Waals surface area contributed by atoms with Crippen molar-refractivity contribution in [3.8, 4) is 0 Å². The van der Waals surface area contributed by atoms with Gasteiger partial charge >= 0.3 is 12.1 Å². The molecule has 4 heterocycles. The molecule has 13 nitrogen and oxygen atoms in total. The molecule has 0 radical (unpaired) electrons. The molecule has 1 amide bonds. The number of nitrogens with one attached hydrogen (secondary N) is 1. The number of Topliss-reactive ketones (excluding diaryl/α,β-unsaturated/α-hetero) is 2. The van der Waals surface area contributed by atoms with Gasteiger partial charge in [-0.25, -0.2) is 14.0 Å². The quantitative estimate of drug-likeness (QED) is 0.239. The van der Waals surface area contributed by atoms with Crippen molar-refractivity contribution in [3.05, 3.63) is 48.2 Å². The van der Waals surface area contributed by atoms with E-state index in [4.69, 9.17) is 23.7 Å². The van der Waals surface area contributed by atoms with Crippen molar-refractivity contribution in [2.24, 2.45) is 17.8 Å². The molecule has 3 saturated heterocycles. The van der Waals surface area contributed by atoms with E-state index >= 15 is 4.39 Å². The number of alkyl halides is 1. The number of amides is 1. The van der Waals surface area contributed by atoms with Gasteiger partial charge in [-0.3, -0.25) is 14.6 Å². The zero-order valence-corrected chi connectivity index (χ0v) is 34.8. The third kappa shape index (κ3) is 9.10. The standard InChI is InChI=1S/C43H60FN3O10/c1-11-15-32-43(8)35(46-40(52)57-43)26(4)33(48)24(2)23-41(6,53-21-14-17-28-16-12-19-30-29(28)18-13-20-45-30)37(27(5)36(50)42(7,44)39(51)55-32)56-38-34(49)31(47(9)10)22-25(3)54-38/h12-14,16-20,24-27,31-32,34-35,37-38,49H,11,15,21-23H2,1-10H3,(H,46,52)/b17-14+/t24-,25-,26+,27+,31+,32-,34-,35+,37-,38+,41-,42+,43-/m1/s1. The zero-order chi connectivity index (χ0) is 42.0. The third-order valence-electron chi connectivity index (χ3n) is 12.1. The Morgan fingerprint density at radius 2 is 1.77 bits per heavy atom. The van der Waals surface area contributed by atoms with E-state index in [-0.39, 0.29) is 37.4 Å². The monoisotopic (exact) mass is 797 g/mol. The van der Waals surface area contributed by atoms with E-state index < -0.39 is 83.1 Å². The van der Waals surface area contributed by atoms with Crippen LogP contribution in [0.4, 0.5) is 9.18 Å². The van der Waals surface area contributed by atoms with Crippen LogP contribution in [-0.4, -0.2) is 119 Å². The van der Waals surface area contributed by atoms with Gasteiger partial charge in [0, 0.05) is 35.4 Å². The molecule has 1 aromatic carbocycles. The summed E-state index contributed by atoms with van der Waals surface area (Å²) in [5.41, 5.74) is -4.60. The Labute approximate surface area is 335 Å². The van der Waals surface area contributed by atoms with E-state index in [1.54, 1.807) is 40.0 Å². The molecular formula is C43H60FN3O10. The van der Waals surface area contributed by atoms with Crippen molar-refractivity contribution in [3.63, 3.8) is 0 Å². The second-order valence-corrected chi connectivity index (χ2v) is 16.9. The van der Waals surface area contributed by atoms with Gasteiger partial charge in [0.25, 0.3) is 5.67 Å². The first-order valence-corrected chi connectivity index (χ1v) is 20.0. The summed E-state index contributed by atoms with van der Waals surface area (Å²) < 4.78 is 48.0. The van der Waals surface area contributed by atoms with Crippen LogP contribution in [0.2, 0.25) is 0 Å². The van der Waals surface area contributed by atoms with E-state index in [0.29, 0.717) is 12.8 Å². The number of nitrogens with zero attached hydrogens (tertiary/aromatic N) is 2. The highest BCUT2D eigenvalue weighted by Gasteiger charge is 2.59. The van der Waals surface area contributed by atoms with Gasteiger partial charge in [-0.2, -0.15) is 0 Å². The summed E-state index contributed by atoms with van der Waals surface area (Å²) in [4.78, 5) is 61.9. The van der Waals surface area contributed by atoms with E-state index in [1.165, 1.54) is 6.92 Å². The van der Waals surface area contributed by atoms with Crippen molar-refractivity contribution in [2.45, 2.75) is 141 Å². The molecule has 2 aromatic rings. The number of pyridine rings is 1. The molecule has 1 aromatic heterocycles. The zero-order valence-electron chi connectivity index (χ0n) is 34.8. The van der Waals surface area contributed by atoms with Gasteiger partial charge in [0.1, 0.15) is 18.0 Å². The molecule has 3 aliphatic heterocycles. The minimum absolute atomic E-state index is 0.0343. The van der Waals surface area contributed by atoms with Gasteiger partial charge in [0.2, 0.25) is 0 Å². The number of carbonyl (C=O) groups is 4. The second-order valence-electron chi connectivity index (χ2n) is 16.9. The molecule has 0 aliphatic carbocycles. The molecule has 5 rings (SSSR count). The van der Waals surface area contributed by atoms with Crippen LogP contribution in [0.3, 0.4) is 0 Å². The lowest BCUT2D eigenvalue weighted by atomic mass is 9.73. The number of alkyl carbamates (subject to hydrolysis) is 1. The summed E-state index contributed by atoms with van der Waals surface area (Å²) >= 11 is 0. The normalized spacial score (nSPS) is 38.5. The molecule has 0 spiro atoms. The largest absolute Gasteiger partial charge is 0.455 e. The molecule has 0 bridgehead atoms. The van der Waals surface area contributed by atoms with Crippen molar-refractivity contribution in [1.82, 2.24) is 15.2 Å². The summed E-state index contributed by atoms with van der Waals surface area (Å²) in [5.74, 6) is -5.91. The number of ketones is 2. The molecule has 13 atom stereocenters. The number of halogens is 1. The number of hydrogen-bond donors (Lipinski definition) is 2. The Kier molecular flexibility index (Phi) is 13.7. The fourth-order valence-electron chi connectivity index (χ4n) is 8.94. The Morgan fingerprint density at radius 3 is 2.46 bits per heavy atom. The molecule has 3 aliphatic rings. The number of carbonyl (C=O) groups excluding carboxylic acids is 4. The topological polar surface area (TPSA) is 163 Å². The fraction of sp³-hybridized carbons (Fsp3) is 0.651. The number of likely N-dealkylation sites (N-methyl/N-ethyl adjacent to an activating group) is 1. The number of esters is 1. The van der Waals surface area contributed by atoms with Gasteiger partial charge in [0.05, 0.1) is 36.0 Å². The Hall–Kier alpha value is -3.82. The summed E-state index contributed by atoms with van der Waals surface area (Å²) in [6.07, 6.45) is 0.247. The highest BCUT2D eigenvalue weighted by molar-refractivity contribution is 6.08. The lowest BCUT2D eigenvalue weighted by molar-refractivity contribution is -0.297. The molecule has 0 unspecified atom stereocenters. The van der Waals surface area contributed by atoms with Crippen molar-refractivity contribution in [2.75, 3.05) is 20.7 Å². The minimum atomic E-state index is -3.19. The van der Waals surface area contributed by atoms with Crippen LogP contribution in [0.15, 0.2) is 42.6 Å². The number of aromatic nitrogens is 1. The number of aliphatic hydroxyl groups excluding tert-OH is 1. The Balaban J connectivity index is 1.60. The van der Waals surface area contributed by atoms with E-state index in [2.05, 4.69) is 10.3 Å². The lowest BCUT2D eigenvalue weighted by Gasteiger charge is -2.47. The van der Waals surface area contributed by atoms with E-state index in [1.807, 2.05) is 69.3 Å². The van der Waals surface area contributed by atoms with Gasteiger partial charge in [-0.05, 0) is 78.7 Å². The summed E-state index contributed by atoms with van der Waals surface area (Å²) in [6.45, 7) is 12.5. The first-order chi connectivity index (χ1) is 26.7. The van der Waals surface area contributed by atoms with Crippen molar-refractivity contribution < 1.29 is 52.4 Å². The lowest BCUT2D eigenvalue weighted by Crippen LogP contribution is -2.61. The van der Waals surface area contributed by atoms with Crippen molar-refractivity contribution in [1.29, 1.82) is 0 Å². The summed E-state index contributed by atoms with van der Waals surface area (Å²) in [7, 11) is 3.65. The molecular weight excluding hydrogens is 737 g/mol. The molecule has 2 N–H and O–H groups in total. The maximum absolute atomic E-state index is 17.0. The third-order valence-corrected chi connectivity index (χ3v) is 12.1. The first-order valence-electron chi connectivity index (χ1n) is 20.0. The van der Waals surface area contributed by atoms with Crippen molar-refractivity contribution >= 4 is 40.6 Å². The van der Waals surface area contributed by atoms with Gasteiger partial charge < -0.3 is 39.0 Å². The highest BCUT2D eigenvalue weighted by Crippen LogP contribution is 2.41. The molecule has 314 valence electrons. The maximum atomic E-state index is 17.0. The second kappa shape index (κ2) is 17.6.